The number of aromatic nitrogens is 2. The van der Waals surface area contributed by atoms with Gasteiger partial charge in [-0.25, -0.2) is 10.5 Å². The number of hydrogen-bond donors (Lipinski definition) is 1. The van der Waals surface area contributed by atoms with Gasteiger partial charge < -0.3 is 0 Å². The van der Waals surface area contributed by atoms with Crippen LogP contribution in [-0.4, -0.2) is 22.6 Å². The summed E-state index contributed by atoms with van der Waals surface area (Å²) in [6.07, 6.45) is 0.864. The quantitative estimate of drug-likeness (QED) is 0.736. The topological polar surface area (TPSA) is 56.1 Å². The Morgan fingerprint density at radius 1 is 1.14 bits per heavy atom. The number of fused-ring (bicyclic) bond motifs is 1. The van der Waals surface area contributed by atoms with Crippen molar-refractivity contribution in [3.05, 3.63) is 60.4 Å². The van der Waals surface area contributed by atoms with Gasteiger partial charge in [0.2, 0.25) is 5.91 Å². The molecule has 0 bridgehead atoms. The third-order valence-electron chi connectivity index (χ3n) is 3.44. The van der Waals surface area contributed by atoms with Crippen LogP contribution in [0.15, 0.2) is 54.6 Å². The predicted molar refractivity (Wildman–Crippen MR) is 84.5 cm³/mol. The molecule has 3 aromatic rings. The highest BCUT2D eigenvalue weighted by atomic mass is 16.6. The highest BCUT2D eigenvalue weighted by molar-refractivity contribution is 5.79. The van der Waals surface area contributed by atoms with Gasteiger partial charge in [-0.15, -0.1) is 0 Å². The van der Waals surface area contributed by atoms with Gasteiger partial charge in [0.25, 0.3) is 0 Å². The number of imidazole rings is 1. The zero-order valence-corrected chi connectivity index (χ0v) is 12.3. The van der Waals surface area contributed by atoms with Crippen molar-refractivity contribution in [3.8, 4) is 5.69 Å². The number of hydrogen-bond acceptors (Lipinski definition) is 3. The first kappa shape index (κ1) is 14.3. The van der Waals surface area contributed by atoms with Crippen LogP contribution in [0, 0.1) is 0 Å². The number of carbonyl (C=O) groups is 1. The second kappa shape index (κ2) is 6.41. The lowest BCUT2D eigenvalue weighted by Crippen LogP contribution is -2.22. The van der Waals surface area contributed by atoms with Crippen LogP contribution in [0.5, 0.6) is 0 Å². The molecule has 0 spiro atoms. The molecule has 0 aliphatic carbocycles. The summed E-state index contributed by atoms with van der Waals surface area (Å²) in [4.78, 5) is 20.9. The van der Waals surface area contributed by atoms with Crippen LogP contribution < -0.4 is 5.48 Å². The van der Waals surface area contributed by atoms with Crippen LogP contribution in [0.1, 0.15) is 12.2 Å². The van der Waals surface area contributed by atoms with Crippen LogP contribution in [-0.2, 0) is 16.1 Å². The molecule has 1 aromatic heterocycles. The number of benzene rings is 2. The van der Waals surface area contributed by atoms with Gasteiger partial charge in [0, 0.05) is 18.5 Å². The van der Waals surface area contributed by atoms with Crippen molar-refractivity contribution in [3.63, 3.8) is 0 Å². The second-order valence-corrected chi connectivity index (χ2v) is 4.92. The Kier molecular flexibility index (Phi) is 4.16. The van der Waals surface area contributed by atoms with Crippen molar-refractivity contribution in [2.45, 2.75) is 12.8 Å². The van der Waals surface area contributed by atoms with E-state index in [1.54, 1.807) is 0 Å². The van der Waals surface area contributed by atoms with E-state index in [0.717, 1.165) is 22.5 Å². The maximum Gasteiger partial charge on any atom is 0.243 e. The van der Waals surface area contributed by atoms with Gasteiger partial charge in [-0.1, -0.05) is 30.3 Å². The summed E-state index contributed by atoms with van der Waals surface area (Å²) >= 11 is 0. The molecule has 0 unspecified atom stereocenters. The Bertz CT molecular complexity index is 781. The van der Waals surface area contributed by atoms with Gasteiger partial charge >= 0.3 is 0 Å². The molecule has 2 aromatic carbocycles. The molecule has 0 aliphatic heterocycles. The molecular weight excluding hydrogens is 278 g/mol. The minimum atomic E-state index is -0.158. The Balaban J connectivity index is 2.00. The lowest BCUT2D eigenvalue weighted by Gasteiger charge is -2.09. The molecule has 5 nitrogen and oxygen atoms in total. The van der Waals surface area contributed by atoms with Crippen LogP contribution in [0.3, 0.4) is 0 Å². The first-order valence-corrected chi connectivity index (χ1v) is 7.13. The maximum atomic E-state index is 11.6. The van der Waals surface area contributed by atoms with Gasteiger partial charge in [-0.3, -0.25) is 14.2 Å². The number of carbonyl (C=O) groups excluding carboxylic acids is 1. The van der Waals surface area contributed by atoms with Gasteiger partial charge in [0.05, 0.1) is 18.1 Å². The molecule has 1 N–H and O–H groups in total. The number of aryl methyl sites for hydroxylation is 1. The molecule has 3 rings (SSSR count). The Morgan fingerprint density at radius 2 is 1.86 bits per heavy atom. The van der Waals surface area contributed by atoms with Gasteiger partial charge in [0.15, 0.2) is 0 Å². The molecule has 0 aliphatic rings. The second-order valence-electron chi connectivity index (χ2n) is 4.92. The standard InChI is InChI=1S/C17H17N3O2/c1-22-19-17(21)12-11-16-18-14-9-5-6-10-15(14)20(16)13-7-3-2-4-8-13/h2-10H,11-12H2,1H3,(H,19,21). The van der Waals surface area contributed by atoms with E-state index in [1.165, 1.54) is 7.11 Å². The third-order valence-corrected chi connectivity index (χ3v) is 3.44. The van der Waals surface area contributed by atoms with E-state index in [4.69, 9.17) is 0 Å². The smallest absolute Gasteiger partial charge is 0.243 e. The van der Waals surface area contributed by atoms with Crippen molar-refractivity contribution >= 4 is 16.9 Å². The van der Waals surface area contributed by atoms with Crippen molar-refractivity contribution in [2.75, 3.05) is 7.11 Å². The molecule has 0 fully saturated rings. The normalized spacial score (nSPS) is 10.8. The Morgan fingerprint density at radius 3 is 2.64 bits per heavy atom. The summed E-state index contributed by atoms with van der Waals surface area (Å²) in [5, 5.41) is 0. The lowest BCUT2D eigenvalue weighted by atomic mass is 10.2. The first-order chi connectivity index (χ1) is 10.8. The summed E-state index contributed by atoms with van der Waals surface area (Å²) in [5.41, 5.74) is 5.34. The maximum absolute atomic E-state index is 11.6. The van der Waals surface area contributed by atoms with Crippen molar-refractivity contribution in [1.29, 1.82) is 0 Å². The monoisotopic (exact) mass is 295 g/mol. The number of nitrogens with one attached hydrogen (secondary N) is 1. The fraction of sp³-hybridized carbons (Fsp3) is 0.176. The minimum Gasteiger partial charge on any atom is -0.296 e. The molecule has 5 heteroatoms. The SMILES string of the molecule is CONC(=O)CCc1nc2ccccc2n1-c1ccccc1. The van der Waals surface area contributed by atoms with Crippen molar-refractivity contribution in [1.82, 2.24) is 15.0 Å². The summed E-state index contributed by atoms with van der Waals surface area (Å²) in [5.74, 6) is 0.702. The van der Waals surface area contributed by atoms with E-state index >= 15 is 0 Å². The van der Waals surface area contributed by atoms with Crippen molar-refractivity contribution < 1.29 is 9.63 Å². The van der Waals surface area contributed by atoms with Gasteiger partial charge in [-0.05, 0) is 24.3 Å². The van der Waals surface area contributed by atoms with Gasteiger partial charge in [0.1, 0.15) is 5.82 Å². The predicted octanol–water partition coefficient (Wildman–Crippen LogP) is 2.64. The molecule has 0 saturated heterocycles. The lowest BCUT2D eigenvalue weighted by molar-refractivity contribution is -0.131. The average molecular weight is 295 g/mol. The molecule has 0 atom stereocenters. The van der Waals surface area contributed by atoms with Gasteiger partial charge in [-0.2, -0.15) is 0 Å². The van der Waals surface area contributed by atoms with E-state index < -0.39 is 0 Å². The molecule has 0 saturated carbocycles. The number of hydroxylamine groups is 1. The number of nitrogens with zero attached hydrogens (tertiary/aromatic N) is 2. The van der Waals surface area contributed by atoms with E-state index in [1.807, 2.05) is 54.6 Å². The molecule has 0 radical (unpaired) electrons. The summed E-state index contributed by atoms with van der Waals surface area (Å²) in [6.45, 7) is 0. The van der Waals surface area contributed by atoms with E-state index in [-0.39, 0.29) is 5.91 Å². The molecular formula is C17H17N3O2. The molecule has 1 heterocycles. The fourth-order valence-electron chi connectivity index (χ4n) is 2.50. The number of amides is 1. The van der Waals surface area contributed by atoms with E-state index in [2.05, 4.69) is 19.9 Å². The highest BCUT2D eigenvalue weighted by Crippen LogP contribution is 2.22. The average Bonchev–Trinajstić information content (AvgIpc) is 2.92. The summed E-state index contributed by atoms with van der Waals surface area (Å²) in [6, 6.07) is 18.0. The van der Waals surface area contributed by atoms with E-state index in [9.17, 15) is 4.79 Å². The van der Waals surface area contributed by atoms with Crippen LogP contribution in [0.2, 0.25) is 0 Å². The summed E-state index contributed by atoms with van der Waals surface area (Å²) in [7, 11) is 1.43. The van der Waals surface area contributed by atoms with Crippen LogP contribution >= 0.6 is 0 Å². The molecule has 22 heavy (non-hydrogen) atoms. The zero-order valence-electron chi connectivity index (χ0n) is 12.3. The van der Waals surface area contributed by atoms with E-state index in [0.29, 0.717) is 12.8 Å². The largest absolute Gasteiger partial charge is 0.296 e. The fourth-order valence-corrected chi connectivity index (χ4v) is 2.50. The minimum absolute atomic E-state index is 0.158. The zero-order chi connectivity index (χ0) is 15.4. The highest BCUT2D eigenvalue weighted by Gasteiger charge is 2.13. The molecule has 112 valence electrons. The van der Waals surface area contributed by atoms with Crippen molar-refractivity contribution in [2.24, 2.45) is 0 Å². The Hall–Kier alpha value is -2.66. The Labute approximate surface area is 128 Å². The van der Waals surface area contributed by atoms with Crippen LogP contribution in [0.25, 0.3) is 16.7 Å². The third kappa shape index (κ3) is 2.84. The van der Waals surface area contributed by atoms with Crippen LogP contribution in [0.4, 0.5) is 0 Å². The number of para-hydroxylation sites is 3. The first-order valence-electron chi connectivity index (χ1n) is 7.13. The number of rotatable bonds is 5. The summed E-state index contributed by atoms with van der Waals surface area (Å²) < 4.78 is 2.09. The molecule has 1 amide bonds.